The standard InChI is InChI=1S/C26H29N3O/c1-27(25-17-18-28(20-25)19-22-11-5-2-6-12-22)26(30)21-29(23-13-7-3-8-14-23)24-15-9-4-10-16-24/h2-16,25H,17-21H2,1H3/t25-/m1/s1. The molecule has 1 fully saturated rings. The van der Waals surface area contributed by atoms with Crippen LogP contribution in [0, 0.1) is 0 Å². The van der Waals surface area contributed by atoms with Gasteiger partial charge in [0.2, 0.25) is 5.91 Å². The van der Waals surface area contributed by atoms with Crippen LogP contribution >= 0.6 is 0 Å². The Morgan fingerprint density at radius 2 is 1.40 bits per heavy atom. The third kappa shape index (κ3) is 4.89. The van der Waals surface area contributed by atoms with E-state index in [9.17, 15) is 4.79 Å². The number of carbonyl (C=O) groups excluding carboxylic acids is 1. The van der Waals surface area contributed by atoms with Gasteiger partial charge < -0.3 is 9.80 Å². The monoisotopic (exact) mass is 399 g/mol. The minimum absolute atomic E-state index is 0.147. The highest BCUT2D eigenvalue weighted by atomic mass is 16.2. The Bertz CT molecular complexity index is 891. The van der Waals surface area contributed by atoms with Crippen molar-refractivity contribution < 1.29 is 4.79 Å². The van der Waals surface area contributed by atoms with Crippen LogP contribution in [0.2, 0.25) is 0 Å². The fourth-order valence-corrected chi connectivity index (χ4v) is 4.11. The lowest BCUT2D eigenvalue weighted by Crippen LogP contribution is -2.43. The van der Waals surface area contributed by atoms with E-state index in [0.717, 1.165) is 37.4 Å². The third-order valence-corrected chi connectivity index (χ3v) is 5.87. The second-order valence-corrected chi connectivity index (χ2v) is 7.93. The molecule has 0 N–H and O–H groups in total. The lowest BCUT2D eigenvalue weighted by molar-refractivity contribution is -0.130. The molecular weight excluding hydrogens is 370 g/mol. The zero-order valence-corrected chi connectivity index (χ0v) is 17.5. The summed E-state index contributed by atoms with van der Waals surface area (Å²) in [6, 6.07) is 31.1. The first kappa shape index (κ1) is 20.2. The molecule has 4 nitrogen and oxygen atoms in total. The lowest BCUT2D eigenvalue weighted by atomic mass is 10.2. The summed E-state index contributed by atoms with van der Waals surface area (Å²) < 4.78 is 0. The molecule has 1 atom stereocenters. The first-order chi connectivity index (χ1) is 14.7. The van der Waals surface area contributed by atoms with E-state index in [4.69, 9.17) is 0 Å². The van der Waals surface area contributed by atoms with Crippen LogP contribution in [0.4, 0.5) is 11.4 Å². The van der Waals surface area contributed by atoms with Crippen LogP contribution in [0.3, 0.4) is 0 Å². The van der Waals surface area contributed by atoms with Gasteiger partial charge in [0, 0.05) is 44.1 Å². The van der Waals surface area contributed by atoms with Gasteiger partial charge in [-0.15, -0.1) is 0 Å². The predicted octanol–water partition coefficient (Wildman–Crippen LogP) is 4.56. The Hall–Kier alpha value is -3.11. The average molecular weight is 400 g/mol. The predicted molar refractivity (Wildman–Crippen MR) is 123 cm³/mol. The molecule has 1 aliphatic heterocycles. The van der Waals surface area contributed by atoms with Crippen molar-refractivity contribution in [1.82, 2.24) is 9.80 Å². The van der Waals surface area contributed by atoms with Crippen molar-refractivity contribution in [3.63, 3.8) is 0 Å². The first-order valence-electron chi connectivity index (χ1n) is 10.6. The zero-order chi connectivity index (χ0) is 20.8. The molecule has 1 aliphatic rings. The van der Waals surface area contributed by atoms with Gasteiger partial charge in [-0.05, 0) is 36.2 Å². The second-order valence-electron chi connectivity index (χ2n) is 7.93. The van der Waals surface area contributed by atoms with Crippen molar-refractivity contribution in [3.05, 3.63) is 96.6 Å². The van der Waals surface area contributed by atoms with E-state index in [1.54, 1.807) is 0 Å². The molecule has 4 heteroatoms. The van der Waals surface area contributed by atoms with E-state index in [1.165, 1.54) is 5.56 Å². The van der Waals surface area contributed by atoms with Crippen molar-refractivity contribution in [2.24, 2.45) is 0 Å². The molecule has 0 radical (unpaired) electrons. The topological polar surface area (TPSA) is 26.8 Å². The fourth-order valence-electron chi connectivity index (χ4n) is 4.11. The zero-order valence-electron chi connectivity index (χ0n) is 17.5. The fraction of sp³-hybridized carbons (Fsp3) is 0.269. The van der Waals surface area contributed by atoms with Gasteiger partial charge in [-0.2, -0.15) is 0 Å². The normalized spacial score (nSPS) is 16.4. The number of anilines is 2. The number of likely N-dealkylation sites (tertiary alicyclic amines) is 1. The molecule has 3 aromatic carbocycles. The van der Waals surface area contributed by atoms with Crippen LogP contribution in [0.15, 0.2) is 91.0 Å². The number of nitrogens with zero attached hydrogens (tertiary/aromatic N) is 3. The van der Waals surface area contributed by atoms with Crippen LogP contribution in [-0.4, -0.2) is 48.4 Å². The number of likely N-dealkylation sites (N-methyl/N-ethyl adjacent to an activating group) is 1. The van der Waals surface area contributed by atoms with E-state index < -0.39 is 0 Å². The van der Waals surface area contributed by atoms with Crippen molar-refractivity contribution in [2.75, 3.05) is 31.6 Å². The van der Waals surface area contributed by atoms with Crippen LogP contribution in [0.1, 0.15) is 12.0 Å². The molecule has 0 unspecified atom stereocenters. The molecule has 1 amide bonds. The number of rotatable bonds is 7. The summed E-state index contributed by atoms with van der Waals surface area (Å²) in [5, 5.41) is 0. The lowest BCUT2D eigenvalue weighted by Gasteiger charge is -2.30. The molecule has 0 bridgehead atoms. The number of para-hydroxylation sites is 2. The molecule has 0 aromatic heterocycles. The minimum Gasteiger partial charge on any atom is -0.340 e. The Balaban J connectivity index is 1.41. The highest BCUT2D eigenvalue weighted by Crippen LogP contribution is 2.25. The average Bonchev–Trinajstić information content (AvgIpc) is 3.27. The van der Waals surface area contributed by atoms with Gasteiger partial charge in [0.25, 0.3) is 0 Å². The van der Waals surface area contributed by atoms with Crippen molar-refractivity contribution in [2.45, 2.75) is 19.0 Å². The summed E-state index contributed by atoms with van der Waals surface area (Å²) in [4.78, 5) is 19.7. The van der Waals surface area contributed by atoms with Crippen LogP contribution in [0.25, 0.3) is 0 Å². The Morgan fingerprint density at radius 3 is 1.97 bits per heavy atom. The molecule has 3 aromatic rings. The SMILES string of the molecule is CN(C(=O)CN(c1ccccc1)c1ccccc1)[C@@H]1CCN(Cc2ccccc2)C1. The quantitative estimate of drug-likeness (QED) is 0.583. The number of benzene rings is 3. The highest BCUT2D eigenvalue weighted by molar-refractivity contribution is 5.84. The largest absolute Gasteiger partial charge is 0.340 e. The summed E-state index contributed by atoms with van der Waals surface area (Å²) >= 11 is 0. The maximum absolute atomic E-state index is 13.2. The van der Waals surface area contributed by atoms with Gasteiger partial charge in [0.1, 0.15) is 6.54 Å². The number of carbonyl (C=O) groups is 1. The van der Waals surface area contributed by atoms with Crippen LogP contribution in [0.5, 0.6) is 0 Å². The van der Waals surface area contributed by atoms with E-state index in [2.05, 4.69) is 58.3 Å². The van der Waals surface area contributed by atoms with Gasteiger partial charge in [-0.3, -0.25) is 9.69 Å². The van der Waals surface area contributed by atoms with Crippen LogP contribution in [-0.2, 0) is 11.3 Å². The first-order valence-corrected chi connectivity index (χ1v) is 10.6. The van der Waals surface area contributed by atoms with Crippen molar-refractivity contribution in [3.8, 4) is 0 Å². The smallest absolute Gasteiger partial charge is 0.242 e. The maximum atomic E-state index is 13.2. The summed E-state index contributed by atoms with van der Waals surface area (Å²) in [6.45, 7) is 3.23. The third-order valence-electron chi connectivity index (χ3n) is 5.87. The van der Waals surface area contributed by atoms with E-state index in [1.807, 2.05) is 54.4 Å². The van der Waals surface area contributed by atoms with E-state index in [0.29, 0.717) is 6.54 Å². The summed E-state index contributed by atoms with van der Waals surface area (Å²) in [5.74, 6) is 0.147. The molecule has 30 heavy (non-hydrogen) atoms. The summed E-state index contributed by atoms with van der Waals surface area (Å²) in [6.07, 6.45) is 1.02. The molecular formula is C26H29N3O. The Labute approximate surface area is 179 Å². The summed E-state index contributed by atoms with van der Waals surface area (Å²) in [7, 11) is 1.95. The van der Waals surface area contributed by atoms with Crippen molar-refractivity contribution in [1.29, 1.82) is 0 Å². The second kappa shape index (κ2) is 9.59. The van der Waals surface area contributed by atoms with Gasteiger partial charge >= 0.3 is 0 Å². The maximum Gasteiger partial charge on any atom is 0.242 e. The Morgan fingerprint density at radius 1 is 0.867 bits per heavy atom. The van der Waals surface area contributed by atoms with Gasteiger partial charge in [-0.25, -0.2) is 0 Å². The van der Waals surface area contributed by atoms with Crippen LogP contribution < -0.4 is 4.90 Å². The van der Waals surface area contributed by atoms with E-state index >= 15 is 0 Å². The number of amides is 1. The molecule has 4 rings (SSSR count). The minimum atomic E-state index is 0.147. The highest BCUT2D eigenvalue weighted by Gasteiger charge is 2.29. The Kier molecular flexibility index (Phi) is 6.45. The molecule has 0 saturated carbocycles. The van der Waals surface area contributed by atoms with Crippen molar-refractivity contribution >= 4 is 17.3 Å². The molecule has 0 spiro atoms. The van der Waals surface area contributed by atoms with Gasteiger partial charge in [-0.1, -0.05) is 66.7 Å². The van der Waals surface area contributed by atoms with Gasteiger partial charge in [0.05, 0.1) is 0 Å². The van der Waals surface area contributed by atoms with E-state index in [-0.39, 0.29) is 11.9 Å². The number of hydrogen-bond donors (Lipinski definition) is 0. The summed E-state index contributed by atoms with van der Waals surface area (Å²) in [5.41, 5.74) is 3.39. The molecule has 0 aliphatic carbocycles. The molecule has 154 valence electrons. The molecule has 1 heterocycles. The van der Waals surface area contributed by atoms with Gasteiger partial charge in [0.15, 0.2) is 0 Å². The molecule has 1 saturated heterocycles. The number of hydrogen-bond acceptors (Lipinski definition) is 3.